The molecule has 0 atom stereocenters. The lowest BCUT2D eigenvalue weighted by Gasteiger charge is -2.30. The predicted octanol–water partition coefficient (Wildman–Crippen LogP) is 6.02. The van der Waals surface area contributed by atoms with E-state index in [2.05, 4.69) is 4.90 Å². The smallest absolute Gasteiger partial charge is 0.232 e. The molecule has 146 valence electrons. The number of Topliss-reactive ketones (excluding diaryl/α,β-unsaturated/α-hetero) is 1. The molecule has 3 aromatic rings. The maximum Gasteiger partial charge on any atom is 0.232 e. The molecule has 29 heavy (non-hydrogen) atoms. The second-order valence-corrected chi connectivity index (χ2v) is 8.69. The first-order valence-corrected chi connectivity index (χ1v) is 10.6. The van der Waals surface area contributed by atoms with Crippen LogP contribution in [0.25, 0.3) is 6.08 Å². The van der Waals surface area contributed by atoms with Gasteiger partial charge in [0.2, 0.25) is 5.78 Å². The third kappa shape index (κ3) is 3.55. The van der Waals surface area contributed by atoms with Gasteiger partial charge in [-0.3, -0.25) is 9.69 Å². The van der Waals surface area contributed by atoms with Gasteiger partial charge in [-0.1, -0.05) is 35.3 Å². The van der Waals surface area contributed by atoms with Crippen LogP contribution in [0.2, 0.25) is 10.0 Å². The maximum absolute atomic E-state index is 12.8. The van der Waals surface area contributed by atoms with Gasteiger partial charge in [0.25, 0.3) is 0 Å². The van der Waals surface area contributed by atoms with Crippen LogP contribution < -0.4 is 9.47 Å². The number of hydrogen-bond acceptors (Lipinski definition) is 5. The first-order chi connectivity index (χ1) is 14.1. The largest absolute Gasteiger partial charge is 0.478 e. The third-order valence-corrected chi connectivity index (χ3v) is 6.31. The summed E-state index contributed by atoms with van der Waals surface area (Å²) in [6.45, 7) is 1.62. The lowest BCUT2D eigenvalue weighted by Crippen LogP contribution is -2.31. The Balaban J connectivity index is 1.43. The Labute approximate surface area is 181 Å². The van der Waals surface area contributed by atoms with Crippen molar-refractivity contribution in [2.75, 3.05) is 6.73 Å². The van der Waals surface area contributed by atoms with Gasteiger partial charge < -0.3 is 9.47 Å². The maximum atomic E-state index is 12.8. The Morgan fingerprint density at radius 2 is 2.07 bits per heavy atom. The molecule has 0 saturated heterocycles. The van der Waals surface area contributed by atoms with Gasteiger partial charge in [0.15, 0.2) is 5.76 Å². The number of ether oxygens (including phenoxy) is 2. The fourth-order valence-electron chi connectivity index (χ4n) is 3.50. The predicted molar refractivity (Wildman–Crippen MR) is 115 cm³/mol. The molecule has 2 aromatic carbocycles. The van der Waals surface area contributed by atoms with Gasteiger partial charge in [-0.25, -0.2) is 0 Å². The summed E-state index contributed by atoms with van der Waals surface area (Å²) in [7, 11) is 0. The molecule has 2 aliphatic rings. The van der Waals surface area contributed by atoms with Crippen LogP contribution in [0.5, 0.6) is 11.5 Å². The number of fused-ring (bicyclic) bond motifs is 3. The summed E-state index contributed by atoms with van der Waals surface area (Å²) < 4.78 is 11.9. The Bertz CT molecular complexity index is 1140. The fraction of sp³-hybridized carbons (Fsp3) is 0.136. The van der Waals surface area contributed by atoms with Crippen molar-refractivity contribution in [2.24, 2.45) is 0 Å². The SMILES string of the molecule is O=C1/C(=C/c2cccs2)Oc2c1ccc1c2CN(Cc2ccc(Cl)cc2Cl)CO1. The number of rotatable bonds is 3. The lowest BCUT2D eigenvalue weighted by atomic mass is 10.0. The highest BCUT2D eigenvalue weighted by Gasteiger charge is 2.33. The first-order valence-electron chi connectivity index (χ1n) is 9.01. The molecule has 3 heterocycles. The van der Waals surface area contributed by atoms with Crippen molar-refractivity contribution < 1.29 is 14.3 Å². The number of hydrogen-bond donors (Lipinski definition) is 0. The van der Waals surface area contributed by atoms with Crippen molar-refractivity contribution in [3.05, 3.63) is 85.2 Å². The first kappa shape index (κ1) is 18.7. The lowest BCUT2D eigenvalue weighted by molar-refractivity contribution is 0.0873. The van der Waals surface area contributed by atoms with E-state index < -0.39 is 0 Å². The molecular formula is C22H15Cl2NO3S. The van der Waals surface area contributed by atoms with E-state index in [1.165, 1.54) is 0 Å². The van der Waals surface area contributed by atoms with Gasteiger partial charge in [0.05, 0.1) is 11.1 Å². The van der Waals surface area contributed by atoms with Crippen LogP contribution in [0.1, 0.15) is 26.4 Å². The number of benzene rings is 2. The minimum absolute atomic E-state index is 0.103. The number of allylic oxidation sites excluding steroid dienone is 1. The number of nitrogens with zero attached hydrogens (tertiary/aromatic N) is 1. The van der Waals surface area contributed by atoms with Crippen LogP contribution in [0.15, 0.2) is 53.6 Å². The van der Waals surface area contributed by atoms with Gasteiger partial charge in [0.1, 0.15) is 18.2 Å². The Morgan fingerprint density at radius 3 is 2.86 bits per heavy atom. The van der Waals surface area contributed by atoms with Crippen molar-refractivity contribution in [1.82, 2.24) is 4.90 Å². The van der Waals surface area contributed by atoms with Crippen molar-refractivity contribution in [1.29, 1.82) is 0 Å². The minimum Gasteiger partial charge on any atom is -0.478 e. The molecule has 0 amide bonds. The molecule has 1 aromatic heterocycles. The molecule has 0 radical (unpaired) electrons. The molecular weight excluding hydrogens is 429 g/mol. The quantitative estimate of drug-likeness (QED) is 0.463. The zero-order chi connectivity index (χ0) is 20.0. The second kappa shape index (κ2) is 7.50. The average Bonchev–Trinajstić information content (AvgIpc) is 3.33. The topological polar surface area (TPSA) is 38.8 Å². The van der Waals surface area contributed by atoms with Crippen LogP contribution in [-0.4, -0.2) is 17.4 Å². The summed E-state index contributed by atoms with van der Waals surface area (Å²) in [5.74, 6) is 1.57. The zero-order valence-corrected chi connectivity index (χ0v) is 17.5. The van der Waals surface area contributed by atoms with Crippen molar-refractivity contribution in [3.8, 4) is 11.5 Å². The van der Waals surface area contributed by atoms with E-state index >= 15 is 0 Å². The number of ketones is 1. The van der Waals surface area contributed by atoms with E-state index in [0.29, 0.717) is 46.9 Å². The molecule has 4 nitrogen and oxygen atoms in total. The van der Waals surface area contributed by atoms with E-state index in [-0.39, 0.29) is 5.78 Å². The van der Waals surface area contributed by atoms with Crippen LogP contribution in [0.4, 0.5) is 0 Å². The van der Waals surface area contributed by atoms with E-state index in [1.54, 1.807) is 29.5 Å². The van der Waals surface area contributed by atoms with Crippen molar-refractivity contribution >= 4 is 46.4 Å². The van der Waals surface area contributed by atoms with Crippen LogP contribution in [0.3, 0.4) is 0 Å². The number of thiophene rings is 1. The van der Waals surface area contributed by atoms with Gasteiger partial charge in [-0.2, -0.15) is 0 Å². The molecule has 0 saturated carbocycles. The molecule has 7 heteroatoms. The summed E-state index contributed by atoms with van der Waals surface area (Å²) >= 11 is 13.9. The summed E-state index contributed by atoms with van der Waals surface area (Å²) in [5.41, 5.74) is 2.41. The van der Waals surface area contributed by atoms with Crippen LogP contribution in [-0.2, 0) is 13.1 Å². The van der Waals surface area contributed by atoms with Crippen molar-refractivity contribution in [3.63, 3.8) is 0 Å². The molecule has 2 aliphatic heterocycles. The molecule has 0 aliphatic carbocycles. The van der Waals surface area contributed by atoms with Crippen LogP contribution in [0, 0.1) is 0 Å². The minimum atomic E-state index is -0.103. The molecule has 0 bridgehead atoms. The van der Waals surface area contributed by atoms with Gasteiger partial charge >= 0.3 is 0 Å². The Kier molecular flexibility index (Phi) is 4.84. The summed E-state index contributed by atoms with van der Waals surface area (Å²) in [6.07, 6.45) is 1.79. The molecule has 0 fully saturated rings. The highest BCUT2D eigenvalue weighted by Crippen LogP contribution is 2.42. The van der Waals surface area contributed by atoms with Gasteiger partial charge in [-0.05, 0) is 41.3 Å². The second-order valence-electron chi connectivity index (χ2n) is 6.87. The normalized spacial score (nSPS) is 17.0. The van der Waals surface area contributed by atoms with E-state index in [4.69, 9.17) is 32.7 Å². The number of carbonyl (C=O) groups excluding carboxylic acids is 1. The zero-order valence-electron chi connectivity index (χ0n) is 15.2. The van der Waals surface area contributed by atoms with E-state index in [1.807, 2.05) is 35.7 Å². The highest BCUT2D eigenvalue weighted by atomic mass is 35.5. The monoisotopic (exact) mass is 443 g/mol. The molecule has 0 spiro atoms. The fourth-order valence-corrected chi connectivity index (χ4v) is 4.61. The molecule has 5 rings (SSSR count). The molecule has 0 N–H and O–H groups in total. The Hall–Kier alpha value is -2.31. The standard InChI is InChI=1S/C22H15Cl2NO3S/c23-14-4-3-13(18(24)8-14)10-25-11-17-19(27-12-25)6-5-16-21(26)20(28-22(16)17)9-15-2-1-7-29-15/h1-9H,10-12H2/b20-9-. The summed E-state index contributed by atoms with van der Waals surface area (Å²) in [5, 5.41) is 3.19. The summed E-state index contributed by atoms with van der Waals surface area (Å²) in [4.78, 5) is 15.9. The molecule has 0 unspecified atom stereocenters. The third-order valence-electron chi connectivity index (χ3n) is 4.91. The average molecular weight is 444 g/mol. The van der Waals surface area contributed by atoms with Gasteiger partial charge in [-0.15, -0.1) is 11.3 Å². The number of halogens is 2. The number of carbonyl (C=O) groups is 1. The highest BCUT2D eigenvalue weighted by molar-refractivity contribution is 7.10. The van der Waals surface area contributed by atoms with E-state index in [0.717, 1.165) is 21.8 Å². The summed E-state index contributed by atoms with van der Waals surface area (Å²) in [6, 6.07) is 13.0. The van der Waals surface area contributed by atoms with Gasteiger partial charge in [0, 0.05) is 34.1 Å². The van der Waals surface area contributed by atoms with Crippen molar-refractivity contribution in [2.45, 2.75) is 13.1 Å². The Morgan fingerprint density at radius 1 is 1.17 bits per heavy atom. The van der Waals surface area contributed by atoms with Crippen LogP contribution >= 0.6 is 34.5 Å². The van der Waals surface area contributed by atoms with E-state index in [9.17, 15) is 4.79 Å².